The lowest BCUT2D eigenvalue weighted by Crippen LogP contribution is -2.14. The smallest absolute Gasteiger partial charge is 0.338 e. The SMILES string of the molecule is CCCCCCCOC(=O)c1ccc(Br)c(S(N)(=O)=O)c1. The van der Waals surface area contributed by atoms with E-state index in [4.69, 9.17) is 9.88 Å². The van der Waals surface area contributed by atoms with Gasteiger partial charge in [-0.05, 0) is 40.5 Å². The number of nitrogens with two attached hydrogens (primary N) is 1. The molecule has 0 unspecified atom stereocenters. The molecule has 0 spiro atoms. The fourth-order valence-electron chi connectivity index (χ4n) is 1.80. The van der Waals surface area contributed by atoms with E-state index >= 15 is 0 Å². The summed E-state index contributed by atoms with van der Waals surface area (Å²) < 4.78 is 28.2. The van der Waals surface area contributed by atoms with Gasteiger partial charge in [0.1, 0.15) is 0 Å². The van der Waals surface area contributed by atoms with E-state index in [0.29, 0.717) is 11.1 Å². The molecule has 118 valence electrons. The molecule has 2 N–H and O–H groups in total. The van der Waals surface area contributed by atoms with E-state index in [0.717, 1.165) is 25.7 Å². The number of benzene rings is 1. The van der Waals surface area contributed by atoms with Crippen molar-refractivity contribution in [3.05, 3.63) is 28.2 Å². The van der Waals surface area contributed by atoms with Crippen LogP contribution in [0.2, 0.25) is 0 Å². The summed E-state index contributed by atoms with van der Waals surface area (Å²) in [5, 5.41) is 5.08. The van der Waals surface area contributed by atoms with Gasteiger partial charge in [-0.3, -0.25) is 0 Å². The number of esters is 1. The number of carbonyl (C=O) groups excluding carboxylic acids is 1. The Labute approximate surface area is 134 Å². The molecule has 7 heteroatoms. The van der Waals surface area contributed by atoms with Gasteiger partial charge in [0.2, 0.25) is 10.0 Å². The van der Waals surface area contributed by atoms with Crippen molar-refractivity contribution in [3.63, 3.8) is 0 Å². The van der Waals surface area contributed by atoms with Crippen molar-refractivity contribution < 1.29 is 17.9 Å². The molecule has 0 atom stereocenters. The first-order valence-electron chi connectivity index (χ1n) is 6.85. The molecule has 21 heavy (non-hydrogen) atoms. The van der Waals surface area contributed by atoms with Crippen LogP contribution in [-0.2, 0) is 14.8 Å². The molecule has 5 nitrogen and oxygen atoms in total. The molecule has 0 heterocycles. The van der Waals surface area contributed by atoms with Gasteiger partial charge in [-0.15, -0.1) is 0 Å². The third-order valence-electron chi connectivity index (χ3n) is 2.95. The second-order valence-corrected chi connectivity index (χ2v) is 7.12. The van der Waals surface area contributed by atoms with E-state index < -0.39 is 16.0 Å². The molecule has 0 radical (unpaired) electrons. The minimum absolute atomic E-state index is 0.125. The molecular weight excluding hydrogens is 358 g/mol. The topological polar surface area (TPSA) is 86.5 Å². The van der Waals surface area contributed by atoms with Gasteiger partial charge in [0, 0.05) is 4.47 Å². The third kappa shape index (κ3) is 6.15. The quantitative estimate of drug-likeness (QED) is 0.556. The summed E-state index contributed by atoms with van der Waals surface area (Å²) in [5.74, 6) is -0.539. The molecule has 0 aliphatic carbocycles. The van der Waals surface area contributed by atoms with Crippen LogP contribution in [0, 0.1) is 0 Å². The lowest BCUT2D eigenvalue weighted by Gasteiger charge is -2.07. The predicted octanol–water partition coefficient (Wildman–Crippen LogP) is 3.22. The summed E-state index contributed by atoms with van der Waals surface area (Å²) in [6.45, 7) is 2.47. The Morgan fingerprint density at radius 1 is 1.24 bits per heavy atom. The zero-order valence-corrected chi connectivity index (χ0v) is 14.4. The van der Waals surface area contributed by atoms with Crippen molar-refractivity contribution in [2.75, 3.05) is 6.61 Å². The van der Waals surface area contributed by atoms with Crippen molar-refractivity contribution in [1.82, 2.24) is 0 Å². The van der Waals surface area contributed by atoms with E-state index in [-0.39, 0.29) is 10.5 Å². The molecule has 0 aliphatic rings. The summed E-state index contributed by atoms with van der Waals surface area (Å²) in [6.07, 6.45) is 5.30. The largest absolute Gasteiger partial charge is 0.462 e. The van der Waals surface area contributed by atoms with E-state index in [1.54, 1.807) is 0 Å². The van der Waals surface area contributed by atoms with Crippen LogP contribution in [0.1, 0.15) is 49.4 Å². The standard InChI is InChI=1S/C14H20BrNO4S/c1-2-3-4-5-6-9-20-14(17)11-7-8-12(15)13(10-11)21(16,18)19/h7-8,10H,2-6,9H2,1H3,(H2,16,18,19). The van der Waals surface area contributed by atoms with Crippen LogP contribution in [0.25, 0.3) is 0 Å². The van der Waals surface area contributed by atoms with Crippen LogP contribution in [0.4, 0.5) is 0 Å². The average molecular weight is 378 g/mol. The number of ether oxygens (including phenoxy) is 1. The highest BCUT2D eigenvalue weighted by molar-refractivity contribution is 9.10. The first-order valence-corrected chi connectivity index (χ1v) is 9.19. The van der Waals surface area contributed by atoms with Gasteiger partial charge in [0.15, 0.2) is 0 Å². The second kappa shape index (κ2) is 8.51. The Morgan fingerprint density at radius 2 is 1.90 bits per heavy atom. The molecule has 0 aliphatic heterocycles. The highest BCUT2D eigenvalue weighted by atomic mass is 79.9. The maximum absolute atomic E-state index is 11.9. The van der Waals surface area contributed by atoms with Gasteiger partial charge in [0.05, 0.1) is 17.1 Å². The summed E-state index contributed by atoms with van der Waals surface area (Å²) in [5.41, 5.74) is 0.177. The molecule has 1 aromatic carbocycles. The number of unbranched alkanes of at least 4 members (excludes halogenated alkanes) is 4. The number of halogens is 1. The van der Waals surface area contributed by atoms with Crippen LogP contribution in [0.15, 0.2) is 27.6 Å². The van der Waals surface area contributed by atoms with Crippen LogP contribution in [-0.4, -0.2) is 21.0 Å². The fourth-order valence-corrected chi connectivity index (χ4v) is 3.36. The molecule has 0 amide bonds. The van der Waals surface area contributed by atoms with Crippen molar-refractivity contribution >= 4 is 31.9 Å². The molecule has 0 aromatic heterocycles. The number of rotatable bonds is 8. The van der Waals surface area contributed by atoms with E-state index in [9.17, 15) is 13.2 Å². The number of hydrogen-bond donors (Lipinski definition) is 1. The zero-order chi connectivity index (χ0) is 15.9. The maximum atomic E-state index is 11.9. The van der Waals surface area contributed by atoms with E-state index in [1.165, 1.54) is 24.6 Å². The summed E-state index contributed by atoms with van der Waals surface area (Å²) in [4.78, 5) is 11.7. The highest BCUT2D eigenvalue weighted by Gasteiger charge is 2.16. The zero-order valence-electron chi connectivity index (χ0n) is 12.0. The van der Waals surface area contributed by atoms with Crippen molar-refractivity contribution in [1.29, 1.82) is 0 Å². The van der Waals surface area contributed by atoms with Gasteiger partial charge in [-0.25, -0.2) is 18.4 Å². The molecule has 0 fully saturated rings. The van der Waals surface area contributed by atoms with Gasteiger partial charge in [0.25, 0.3) is 0 Å². The molecule has 0 saturated carbocycles. The van der Waals surface area contributed by atoms with Crippen LogP contribution >= 0.6 is 15.9 Å². The molecule has 0 bridgehead atoms. The van der Waals surface area contributed by atoms with Crippen LogP contribution in [0.3, 0.4) is 0 Å². The lowest BCUT2D eigenvalue weighted by atomic mass is 10.2. The highest BCUT2D eigenvalue weighted by Crippen LogP contribution is 2.22. The van der Waals surface area contributed by atoms with Gasteiger partial charge in [-0.2, -0.15) is 0 Å². The lowest BCUT2D eigenvalue weighted by molar-refractivity contribution is 0.0497. The van der Waals surface area contributed by atoms with Crippen LogP contribution in [0.5, 0.6) is 0 Å². The van der Waals surface area contributed by atoms with E-state index in [1.807, 2.05) is 0 Å². The maximum Gasteiger partial charge on any atom is 0.338 e. The molecular formula is C14H20BrNO4S. The van der Waals surface area contributed by atoms with Crippen molar-refractivity contribution in [2.24, 2.45) is 5.14 Å². The number of hydrogen-bond acceptors (Lipinski definition) is 4. The molecule has 0 saturated heterocycles. The monoisotopic (exact) mass is 377 g/mol. The van der Waals surface area contributed by atoms with E-state index in [2.05, 4.69) is 22.9 Å². The fraction of sp³-hybridized carbons (Fsp3) is 0.500. The normalized spacial score (nSPS) is 11.4. The third-order valence-corrected chi connectivity index (χ3v) is 4.86. The average Bonchev–Trinajstić information content (AvgIpc) is 2.41. The van der Waals surface area contributed by atoms with Crippen molar-refractivity contribution in [2.45, 2.75) is 43.9 Å². The summed E-state index contributed by atoms with van der Waals surface area (Å²) in [6, 6.07) is 4.19. The Kier molecular flexibility index (Phi) is 7.34. The van der Waals surface area contributed by atoms with Gasteiger partial charge >= 0.3 is 5.97 Å². The minimum atomic E-state index is -3.88. The predicted molar refractivity (Wildman–Crippen MR) is 84.6 cm³/mol. The molecule has 1 rings (SSSR count). The van der Waals surface area contributed by atoms with Crippen LogP contribution < -0.4 is 5.14 Å². The Hall–Kier alpha value is -0.920. The summed E-state index contributed by atoms with van der Waals surface area (Å²) in [7, 11) is -3.88. The van der Waals surface area contributed by atoms with Gasteiger partial charge in [-0.1, -0.05) is 32.6 Å². The Morgan fingerprint density at radius 3 is 2.52 bits per heavy atom. The second-order valence-electron chi connectivity index (χ2n) is 4.74. The number of primary sulfonamides is 1. The first-order chi connectivity index (χ1) is 9.86. The number of sulfonamides is 1. The Balaban J connectivity index is 2.59. The first kappa shape index (κ1) is 18.1. The minimum Gasteiger partial charge on any atom is -0.462 e. The Bertz CT molecular complexity index is 587. The number of carbonyl (C=O) groups is 1. The summed E-state index contributed by atoms with van der Waals surface area (Å²) >= 11 is 3.09. The molecule has 1 aromatic rings. The van der Waals surface area contributed by atoms with Crippen molar-refractivity contribution in [3.8, 4) is 0 Å². The van der Waals surface area contributed by atoms with Gasteiger partial charge < -0.3 is 4.74 Å².